The van der Waals surface area contributed by atoms with Crippen molar-refractivity contribution in [2.45, 2.75) is 19.3 Å². The molecule has 0 radical (unpaired) electrons. The number of aromatic nitrogens is 5. The highest BCUT2D eigenvalue weighted by atomic mass is 19.4. The Hall–Kier alpha value is -3.55. The fourth-order valence-corrected chi connectivity index (χ4v) is 2.47. The molecular weight excluding hydrogens is 456 g/mol. The minimum Gasteiger partial charge on any atom is -0.396 e. The molecule has 0 aliphatic rings. The molecule has 176 valence electrons. The third-order valence-corrected chi connectivity index (χ3v) is 4.13. The summed E-state index contributed by atoms with van der Waals surface area (Å²) in [5, 5.41) is 14.6. The monoisotopic (exact) mass is 473 g/mol. The van der Waals surface area contributed by atoms with E-state index in [2.05, 4.69) is 35.6 Å². The van der Waals surface area contributed by atoms with Crippen LogP contribution in [0.4, 0.5) is 43.9 Å². The van der Waals surface area contributed by atoms with Crippen LogP contribution in [-0.2, 0) is 12.4 Å². The van der Waals surface area contributed by atoms with Gasteiger partial charge in [-0.1, -0.05) is 13.0 Å². The van der Waals surface area contributed by atoms with Crippen molar-refractivity contribution in [3.05, 3.63) is 47.9 Å². The minimum absolute atomic E-state index is 0.0545. The van der Waals surface area contributed by atoms with Gasteiger partial charge in [0.1, 0.15) is 17.1 Å². The molecule has 14 heteroatoms. The van der Waals surface area contributed by atoms with Crippen LogP contribution in [-0.4, -0.2) is 43.2 Å². The summed E-state index contributed by atoms with van der Waals surface area (Å²) in [4.78, 5) is 18.9. The second kappa shape index (κ2) is 9.52. The van der Waals surface area contributed by atoms with Gasteiger partial charge >= 0.3 is 12.4 Å². The van der Waals surface area contributed by atoms with E-state index in [1.807, 2.05) is 0 Å². The Labute approximate surface area is 183 Å². The second-order valence-electron chi connectivity index (χ2n) is 6.93. The average Bonchev–Trinajstić information content (AvgIpc) is 2.76. The average molecular weight is 473 g/mol. The molecule has 33 heavy (non-hydrogen) atoms. The Morgan fingerprint density at radius 1 is 0.909 bits per heavy atom. The quantitative estimate of drug-likeness (QED) is 0.440. The van der Waals surface area contributed by atoms with Crippen LogP contribution < -0.4 is 10.6 Å². The number of aliphatic hydroxyl groups is 1. The van der Waals surface area contributed by atoms with Gasteiger partial charge < -0.3 is 15.7 Å². The van der Waals surface area contributed by atoms with Crippen molar-refractivity contribution in [1.82, 2.24) is 24.9 Å². The summed E-state index contributed by atoms with van der Waals surface area (Å²) >= 11 is 0. The molecule has 0 fully saturated rings. The molecule has 1 unspecified atom stereocenters. The highest BCUT2D eigenvalue weighted by Crippen LogP contribution is 2.31. The summed E-state index contributed by atoms with van der Waals surface area (Å²) in [5.74, 6) is -0.768. The van der Waals surface area contributed by atoms with E-state index < -0.39 is 23.7 Å². The Kier molecular flexibility index (Phi) is 6.95. The van der Waals surface area contributed by atoms with E-state index >= 15 is 0 Å². The van der Waals surface area contributed by atoms with Crippen LogP contribution in [0.2, 0.25) is 0 Å². The van der Waals surface area contributed by atoms with Crippen LogP contribution in [0.15, 0.2) is 36.5 Å². The molecule has 0 saturated carbocycles. The third-order valence-electron chi connectivity index (χ3n) is 4.13. The molecule has 1 atom stereocenters. The van der Waals surface area contributed by atoms with E-state index in [4.69, 9.17) is 0 Å². The molecular formula is C19H17F6N7O. The maximum Gasteiger partial charge on any atom is 0.433 e. The van der Waals surface area contributed by atoms with Crippen LogP contribution in [0.5, 0.6) is 0 Å². The Bertz CT molecular complexity index is 1110. The maximum atomic E-state index is 13.1. The lowest BCUT2D eigenvalue weighted by Gasteiger charge is -2.13. The number of alkyl halides is 6. The van der Waals surface area contributed by atoms with Gasteiger partial charge in [0.05, 0.1) is 0 Å². The van der Waals surface area contributed by atoms with Gasteiger partial charge in [-0.05, 0) is 30.2 Å². The lowest BCUT2D eigenvalue weighted by molar-refractivity contribution is -0.141. The Morgan fingerprint density at radius 2 is 1.61 bits per heavy atom. The predicted octanol–water partition coefficient (Wildman–Crippen LogP) is 4.15. The van der Waals surface area contributed by atoms with Crippen molar-refractivity contribution in [2.75, 3.05) is 23.8 Å². The summed E-state index contributed by atoms with van der Waals surface area (Å²) in [6.07, 6.45) is -8.45. The zero-order valence-corrected chi connectivity index (χ0v) is 16.9. The maximum absolute atomic E-state index is 13.1. The Morgan fingerprint density at radius 3 is 2.27 bits per heavy atom. The van der Waals surface area contributed by atoms with Crippen LogP contribution >= 0.6 is 0 Å². The summed E-state index contributed by atoms with van der Waals surface area (Å²) in [6.45, 7) is 1.78. The highest BCUT2D eigenvalue weighted by molar-refractivity contribution is 5.59. The van der Waals surface area contributed by atoms with Crippen molar-refractivity contribution >= 4 is 17.6 Å². The lowest BCUT2D eigenvalue weighted by atomic mass is 10.2. The Balaban J connectivity index is 2.00. The molecule has 0 bridgehead atoms. The van der Waals surface area contributed by atoms with Crippen LogP contribution in [0.1, 0.15) is 18.3 Å². The number of aliphatic hydroxyl groups excluding tert-OH is 1. The van der Waals surface area contributed by atoms with Crippen LogP contribution in [0, 0.1) is 5.92 Å². The van der Waals surface area contributed by atoms with Gasteiger partial charge in [0.15, 0.2) is 5.82 Å². The molecule has 0 aliphatic heterocycles. The number of nitrogens with one attached hydrogen (secondary N) is 2. The first kappa shape index (κ1) is 24.1. The minimum atomic E-state index is -4.70. The number of rotatable bonds is 7. The van der Waals surface area contributed by atoms with Gasteiger partial charge in [-0.2, -0.15) is 41.3 Å². The van der Waals surface area contributed by atoms with Gasteiger partial charge in [0, 0.05) is 25.0 Å². The number of pyridine rings is 2. The fourth-order valence-electron chi connectivity index (χ4n) is 2.47. The normalized spacial score (nSPS) is 13.0. The molecule has 3 heterocycles. The van der Waals surface area contributed by atoms with Crippen molar-refractivity contribution in [1.29, 1.82) is 0 Å². The molecule has 8 nitrogen and oxygen atoms in total. The first-order chi connectivity index (χ1) is 15.5. The van der Waals surface area contributed by atoms with Gasteiger partial charge in [-0.3, -0.25) is 4.98 Å². The third kappa shape index (κ3) is 6.47. The lowest BCUT2D eigenvalue weighted by Crippen LogP contribution is -2.17. The first-order valence-electron chi connectivity index (χ1n) is 9.41. The number of nitrogens with zero attached hydrogens (tertiary/aromatic N) is 5. The van der Waals surface area contributed by atoms with Crippen molar-refractivity contribution in [2.24, 2.45) is 5.92 Å². The SMILES string of the molecule is CC(CO)CNc1nc(Nc2ccnc(C(F)(F)F)c2)nc(-c2cccc(C(F)(F)F)n2)n1. The van der Waals surface area contributed by atoms with Crippen LogP contribution in [0.25, 0.3) is 11.5 Å². The summed E-state index contributed by atoms with van der Waals surface area (Å²) < 4.78 is 78.0. The molecule has 3 rings (SSSR count). The van der Waals surface area contributed by atoms with E-state index in [-0.39, 0.29) is 48.2 Å². The zero-order chi connectivity index (χ0) is 24.2. The number of hydrogen-bond donors (Lipinski definition) is 3. The molecule has 3 aromatic heterocycles. The molecule has 3 aromatic rings. The van der Waals surface area contributed by atoms with Gasteiger partial charge in [-0.15, -0.1) is 0 Å². The van der Waals surface area contributed by atoms with Crippen molar-refractivity contribution < 1.29 is 31.4 Å². The molecule has 0 saturated heterocycles. The van der Waals surface area contributed by atoms with E-state index in [1.165, 1.54) is 12.1 Å². The smallest absolute Gasteiger partial charge is 0.396 e. The number of halogens is 6. The number of anilines is 3. The standard InChI is InChI=1S/C19H17F6N7O/c1-10(9-33)8-27-16-30-15(12-3-2-4-13(29-12)18(20,21)22)31-17(32-16)28-11-5-6-26-14(7-11)19(23,24)25/h2-7,10,33H,8-9H2,1H3,(H2,26,27,28,30,31,32). The molecule has 3 N–H and O–H groups in total. The molecule has 0 aliphatic carbocycles. The summed E-state index contributed by atoms with van der Waals surface area (Å²) in [7, 11) is 0. The highest BCUT2D eigenvalue weighted by Gasteiger charge is 2.33. The van der Waals surface area contributed by atoms with E-state index in [0.717, 1.165) is 24.4 Å². The molecule has 0 spiro atoms. The van der Waals surface area contributed by atoms with E-state index in [1.54, 1.807) is 6.92 Å². The molecule has 0 aromatic carbocycles. The predicted molar refractivity (Wildman–Crippen MR) is 105 cm³/mol. The van der Waals surface area contributed by atoms with Gasteiger partial charge in [-0.25, -0.2) is 4.98 Å². The van der Waals surface area contributed by atoms with Gasteiger partial charge in [0.2, 0.25) is 11.9 Å². The second-order valence-corrected chi connectivity index (χ2v) is 6.93. The first-order valence-corrected chi connectivity index (χ1v) is 9.41. The van der Waals surface area contributed by atoms with E-state index in [9.17, 15) is 31.4 Å². The largest absolute Gasteiger partial charge is 0.433 e. The van der Waals surface area contributed by atoms with Crippen molar-refractivity contribution in [3.8, 4) is 11.5 Å². The van der Waals surface area contributed by atoms with Crippen LogP contribution in [0.3, 0.4) is 0 Å². The van der Waals surface area contributed by atoms with Gasteiger partial charge in [0.25, 0.3) is 0 Å². The molecule has 0 amide bonds. The fraction of sp³-hybridized carbons (Fsp3) is 0.316. The van der Waals surface area contributed by atoms with Crippen molar-refractivity contribution in [3.63, 3.8) is 0 Å². The number of hydrogen-bond acceptors (Lipinski definition) is 8. The van der Waals surface area contributed by atoms with E-state index in [0.29, 0.717) is 0 Å². The topological polar surface area (TPSA) is 109 Å². The summed E-state index contributed by atoms with van der Waals surface area (Å²) in [5.41, 5.74) is -2.60. The summed E-state index contributed by atoms with van der Waals surface area (Å²) in [6, 6.07) is 5.13. The zero-order valence-electron chi connectivity index (χ0n) is 16.9.